The minimum Gasteiger partial charge on any atom is -0.431 e. The molecule has 1 N–H and O–H groups in total. The third kappa shape index (κ3) is 1.08. The summed E-state index contributed by atoms with van der Waals surface area (Å²) in [5.74, 6) is 0. The van der Waals surface area contributed by atoms with Crippen LogP contribution >= 0.6 is 0 Å². The van der Waals surface area contributed by atoms with E-state index in [9.17, 15) is 0 Å². The summed E-state index contributed by atoms with van der Waals surface area (Å²) in [7, 11) is -1.09. The molecule has 0 aromatic rings. The fourth-order valence-electron chi connectivity index (χ4n) is 0.710. The van der Waals surface area contributed by atoms with Gasteiger partial charge in [0, 0.05) is 5.54 Å². The molecule has 0 heterocycles. The van der Waals surface area contributed by atoms with Gasteiger partial charge in [-0.05, 0) is 6.55 Å². The van der Waals surface area contributed by atoms with E-state index in [1.165, 1.54) is 0 Å². The van der Waals surface area contributed by atoms with Gasteiger partial charge < -0.3 is 4.80 Å². The van der Waals surface area contributed by atoms with Gasteiger partial charge in [-0.3, -0.25) is 0 Å². The normalized spacial score (nSPS) is 18.9. The lowest BCUT2D eigenvalue weighted by Crippen LogP contribution is -2.10. The maximum absolute atomic E-state index is 9.05. The zero-order valence-corrected chi connectivity index (χ0v) is 5.83. The van der Waals surface area contributed by atoms with Gasteiger partial charge in [0.05, 0.1) is 0 Å². The summed E-state index contributed by atoms with van der Waals surface area (Å²) < 4.78 is 0. The monoisotopic (exact) mass is 125 g/mol. The average molecular weight is 125 g/mol. The van der Waals surface area contributed by atoms with Gasteiger partial charge in [-0.25, -0.2) is 0 Å². The van der Waals surface area contributed by atoms with Crippen LogP contribution in [0.15, 0.2) is 24.3 Å². The highest BCUT2D eigenvalue weighted by Gasteiger charge is 2.11. The predicted octanol–water partition coefficient (Wildman–Crippen LogP) is 1.10. The van der Waals surface area contributed by atoms with Crippen molar-refractivity contribution >= 4 is 9.04 Å². The Labute approximate surface area is 51.1 Å². The second-order valence-electron chi connectivity index (χ2n) is 1.94. The lowest BCUT2D eigenvalue weighted by molar-refractivity contribution is 0.574. The number of hydrogen-bond donors (Lipinski definition) is 1. The van der Waals surface area contributed by atoms with E-state index in [1.807, 2.05) is 30.9 Å². The zero-order valence-electron chi connectivity index (χ0n) is 4.83. The van der Waals surface area contributed by atoms with E-state index < -0.39 is 9.04 Å². The average Bonchev–Trinajstić information content (AvgIpc) is 2.12. The van der Waals surface area contributed by atoms with Gasteiger partial charge in [0.25, 0.3) is 0 Å². The lowest BCUT2D eigenvalue weighted by atomic mass is 10.5. The number of hydrogen-bond acceptors (Lipinski definition) is 1. The first-order valence-electron chi connectivity index (χ1n) is 2.68. The molecule has 0 aliphatic heterocycles. The van der Waals surface area contributed by atoms with Crippen molar-refractivity contribution < 1.29 is 4.80 Å². The highest BCUT2D eigenvalue weighted by molar-refractivity contribution is 6.52. The van der Waals surface area contributed by atoms with E-state index in [1.54, 1.807) is 0 Å². The van der Waals surface area contributed by atoms with E-state index in [-0.39, 0.29) is 0 Å². The van der Waals surface area contributed by atoms with Crippen molar-refractivity contribution in [2.24, 2.45) is 0 Å². The Morgan fingerprint density at radius 2 is 1.88 bits per heavy atom. The minimum atomic E-state index is -1.09. The molecule has 0 unspecified atom stereocenters. The third-order valence-corrected chi connectivity index (χ3v) is 2.58. The quantitative estimate of drug-likeness (QED) is 0.520. The molecule has 1 rings (SSSR count). The molecular weight excluding hydrogens is 116 g/mol. The standard InChI is InChI=1S/C6H9OSi/c1-8(7)6-4-2-3-5-6/h2-7H,1H3. The molecule has 0 amide bonds. The van der Waals surface area contributed by atoms with Crippen LogP contribution in [-0.2, 0) is 0 Å². The van der Waals surface area contributed by atoms with Gasteiger partial charge in [0.15, 0.2) is 0 Å². The molecule has 2 heteroatoms. The van der Waals surface area contributed by atoms with E-state index in [0.29, 0.717) is 5.54 Å². The molecule has 0 atom stereocenters. The first-order valence-corrected chi connectivity index (χ1v) is 4.70. The molecule has 43 valence electrons. The van der Waals surface area contributed by atoms with Crippen LogP contribution in [0.4, 0.5) is 0 Å². The van der Waals surface area contributed by atoms with Crippen molar-refractivity contribution in [2.75, 3.05) is 0 Å². The third-order valence-electron chi connectivity index (χ3n) is 1.23. The Morgan fingerprint density at radius 1 is 1.38 bits per heavy atom. The molecule has 0 saturated carbocycles. The number of allylic oxidation sites excluding steroid dienone is 4. The van der Waals surface area contributed by atoms with E-state index in [2.05, 4.69) is 0 Å². The minimum absolute atomic E-state index is 0.361. The van der Waals surface area contributed by atoms with Crippen LogP contribution in [0.1, 0.15) is 0 Å². The second-order valence-corrected chi connectivity index (χ2v) is 3.89. The Balaban J connectivity index is 2.49. The molecule has 0 aromatic carbocycles. The summed E-state index contributed by atoms with van der Waals surface area (Å²) in [6.07, 6.45) is 8.03. The summed E-state index contributed by atoms with van der Waals surface area (Å²) in [6, 6.07) is 0. The van der Waals surface area contributed by atoms with E-state index >= 15 is 0 Å². The van der Waals surface area contributed by atoms with Crippen LogP contribution in [0.25, 0.3) is 0 Å². The van der Waals surface area contributed by atoms with Crippen molar-refractivity contribution in [1.29, 1.82) is 0 Å². The molecule has 0 fully saturated rings. The Morgan fingerprint density at radius 3 is 2.12 bits per heavy atom. The molecule has 1 nitrogen and oxygen atoms in total. The molecule has 1 radical (unpaired) electrons. The lowest BCUT2D eigenvalue weighted by Gasteiger charge is -2.02. The largest absolute Gasteiger partial charge is 0.431 e. The highest BCUT2D eigenvalue weighted by atomic mass is 28.3. The van der Waals surface area contributed by atoms with E-state index in [4.69, 9.17) is 4.80 Å². The van der Waals surface area contributed by atoms with Gasteiger partial charge in [0.1, 0.15) is 0 Å². The maximum Gasteiger partial charge on any atom is 0.214 e. The van der Waals surface area contributed by atoms with Gasteiger partial charge in [-0.15, -0.1) is 0 Å². The Bertz CT molecular complexity index is 114. The Kier molecular flexibility index (Phi) is 1.65. The van der Waals surface area contributed by atoms with Crippen LogP contribution in [0.2, 0.25) is 12.1 Å². The summed E-state index contributed by atoms with van der Waals surface area (Å²) in [5, 5.41) is 0. The van der Waals surface area contributed by atoms with Crippen LogP contribution in [0.5, 0.6) is 0 Å². The predicted molar refractivity (Wildman–Crippen MR) is 35.9 cm³/mol. The highest BCUT2D eigenvalue weighted by Crippen LogP contribution is 2.16. The molecule has 1 aliphatic rings. The van der Waals surface area contributed by atoms with Crippen molar-refractivity contribution in [3.63, 3.8) is 0 Å². The number of rotatable bonds is 1. The first-order chi connectivity index (χ1) is 3.80. The van der Waals surface area contributed by atoms with E-state index in [0.717, 1.165) is 0 Å². The van der Waals surface area contributed by atoms with Crippen LogP contribution in [0.3, 0.4) is 0 Å². The van der Waals surface area contributed by atoms with Gasteiger partial charge >= 0.3 is 0 Å². The van der Waals surface area contributed by atoms with Crippen molar-refractivity contribution in [2.45, 2.75) is 12.1 Å². The summed E-state index contributed by atoms with van der Waals surface area (Å²) in [4.78, 5) is 9.05. The SMILES string of the molecule is C[Si](O)C1C=CC=C1. The van der Waals surface area contributed by atoms with Crippen LogP contribution in [-0.4, -0.2) is 13.8 Å². The Hall–Kier alpha value is -0.343. The summed E-state index contributed by atoms with van der Waals surface area (Å²) in [6.45, 7) is 1.90. The van der Waals surface area contributed by atoms with Gasteiger partial charge in [-0.1, -0.05) is 24.3 Å². The summed E-state index contributed by atoms with van der Waals surface area (Å²) in [5.41, 5.74) is 0.361. The topological polar surface area (TPSA) is 20.2 Å². The smallest absolute Gasteiger partial charge is 0.214 e. The molecule has 0 aromatic heterocycles. The molecule has 0 bridgehead atoms. The van der Waals surface area contributed by atoms with Crippen LogP contribution in [0, 0.1) is 0 Å². The molecule has 0 saturated heterocycles. The van der Waals surface area contributed by atoms with Crippen molar-refractivity contribution in [1.82, 2.24) is 0 Å². The maximum atomic E-state index is 9.05. The van der Waals surface area contributed by atoms with Crippen molar-refractivity contribution in [3.8, 4) is 0 Å². The molecule has 8 heavy (non-hydrogen) atoms. The van der Waals surface area contributed by atoms with Crippen molar-refractivity contribution in [3.05, 3.63) is 24.3 Å². The first kappa shape index (κ1) is 5.79. The van der Waals surface area contributed by atoms with Gasteiger partial charge in [0.2, 0.25) is 9.04 Å². The fourth-order valence-corrected chi connectivity index (χ4v) is 1.49. The molecule has 1 aliphatic carbocycles. The van der Waals surface area contributed by atoms with Gasteiger partial charge in [-0.2, -0.15) is 0 Å². The fraction of sp³-hybridized carbons (Fsp3) is 0.333. The molecule has 0 spiro atoms. The van der Waals surface area contributed by atoms with Crippen LogP contribution < -0.4 is 0 Å². The zero-order chi connectivity index (χ0) is 5.98. The summed E-state index contributed by atoms with van der Waals surface area (Å²) >= 11 is 0. The second kappa shape index (κ2) is 2.28. The molecular formula is C6H9OSi.